The van der Waals surface area contributed by atoms with Crippen molar-refractivity contribution < 1.29 is 9.47 Å². The topological polar surface area (TPSA) is 18.5 Å². The lowest BCUT2D eigenvalue weighted by molar-refractivity contribution is -0.149. The first kappa shape index (κ1) is 6.78. The molecular weight excluding hydrogens is 116 g/mol. The molecule has 1 rings (SSSR count). The molecule has 0 unspecified atom stereocenters. The Morgan fingerprint density at radius 2 is 2.00 bits per heavy atom. The van der Waals surface area contributed by atoms with Gasteiger partial charge in [0, 0.05) is 0 Å². The molecule has 1 heterocycles. The fourth-order valence-electron chi connectivity index (χ4n) is 0.774. The van der Waals surface area contributed by atoms with E-state index in [1.54, 1.807) is 0 Å². The third-order valence-electron chi connectivity index (χ3n) is 1.20. The summed E-state index contributed by atoms with van der Waals surface area (Å²) in [6, 6.07) is 0. The molecule has 1 aliphatic heterocycles. The maximum atomic E-state index is 5.21. The molecule has 9 heavy (non-hydrogen) atoms. The molecule has 1 saturated heterocycles. The van der Waals surface area contributed by atoms with Gasteiger partial charge in [0.15, 0.2) is 6.29 Å². The van der Waals surface area contributed by atoms with E-state index in [0.29, 0.717) is 0 Å². The molecular formula is C7H12O2. The largest absolute Gasteiger partial charge is 0.349 e. The SMILES string of the molecule is C/C=C\C1OCCCO1. The number of ether oxygens (including phenoxy) is 2. The van der Waals surface area contributed by atoms with Crippen molar-refractivity contribution >= 4 is 0 Å². The zero-order valence-electron chi connectivity index (χ0n) is 5.67. The average Bonchev–Trinajstić information content (AvgIpc) is 1.91. The minimum absolute atomic E-state index is 0.0799. The number of allylic oxidation sites excluding steroid dienone is 1. The summed E-state index contributed by atoms with van der Waals surface area (Å²) in [4.78, 5) is 0. The molecule has 0 atom stereocenters. The maximum absolute atomic E-state index is 5.21. The van der Waals surface area contributed by atoms with Crippen LogP contribution in [0.2, 0.25) is 0 Å². The Morgan fingerprint density at radius 3 is 2.56 bits per heavy atom. The molecule has 2 heteroatoms. The highest BCUT2D eigenvalue weighted by molar-refractivity contribution is 4.81. The number of hydrogen-bond donors (Lipinski definition) is 0. The van der Waals surface area contributed by atoms with Crippen LogP contribution in [0.25, 0.3) is 0 Å². The minimum Gasteiger partial charge on any atom is -0.349 e. The van der Waals surface area contributed by atoms with E-state index in [9.17, 15) is 0 Å². The van der Waals surface area contributed by atoms with Crippen LogP contribution in [0.3, 0.4) is 0 Å². The highest BCUT2D eigenvalue weighted by atomic mass is 16.7. The Morgan fingerprint density at radius 1 is 1.33 bits per heavy atom. The second kappa shape index (κ2) is 3.64. The Labute approximate surface area is 55.5 Å². The predicted octanol–water partition coefficient (Wildman–Crippen LogP) is 1.33. The van der Waals surface area contributed by atoms with Crippen LogP contribution in [-0.4, -0.2) is 19.5 Å². The molecule has 0 N–H and O–H groups in total. The van der Waals surface area contributed by atoms with Gasteiger partial charge in [-0.1, -0.05) is 6.08 Å². The van der Waals surface area contributed by atoms with Gasteiger partial charge in [-0.15, -0.1) is 0 Å². The van der Waals surface area contributed by atoms with Crippen molar-refractivity contribution in [2.45, 2.75) is 19.6 Å². The first-order valence-electron chi connectivity index (χ1n) is 3.29. The third-order valence-corrected chi connectivity index (χ3v) is 1.20. The van der Waals surface area contributed by atoms with E-state index in [0.717, 1.165) is 19.6 Å². The van der Waals surface area contributed by atoms with Crippen LogP contribution in [0.4, 0.5) is 0 Å². The second-order valence-corrected chi connectivity index (χ2v) is 1.99. The Kier molecular flexibility index (Phi) is 2.74. The van der Waals surface area contributed by atoms with Crippen molar-refractivity contribution in [3.05, 3.63) is 12.2 Å². The molecule has 52 valence electrons. The summed E-state index contributed by atoms with van der Waals surface area (Å²) in [5, 5.41) is 0. The second-order valence-electron chi connectivity index (χ2n) is 1.99. The van der Waals surface area contributed by atoms with E-state index in [2.05, 4.69) is 0 Å². The van der Waals surface area contributed by atoms with Gasteiger partial charge in [0.2, 0.25) is 0 Å². The Bertz CT molecular complexity index is 93.1. The first-order chi connectivity index (χ1) is 4.43. The van der Waals surface area contributed by atoms with Crippen molar-refractivity contribution in [1.82, 2.24) is 0 Å². The van der Waals surface area contributed by atoms with Crippen LogP contribution in [0.15, 0.2) is 12.2 Å². The van der Waals surface area contributed by atoms with Crippen LogP contribution in [-0.2, 0) is 9.47 Å². The van der Waals surface area contributed by atoms with E-state index >= 15 is 0 Å². The van der Waals surface area contributed by atoms with Crippen molar-refractivity contribution in [2.75, 3.05) is 13.2 Å². The lowest BCUT2D eigenvalue weighted by Crippen LogP contribution is -2.22. The molecule has 0 amide bonds. The number of hydrogen-bond acceptors (Lipinski definition) is 2. The highest BCUT2D eigenvalue weighted by Crippen LogP contribution is 2.04. The molecule has 0 spiro atoms. The summed E-state index contributed by atoms with van der Waals surface area (Å²) in [6.45, 7) is 3.62. The molecule has 1 fully saturated rings. The molecule has 1 aliphatic rings. The van der Waals surface area contributed by atoms with Gasteiger partial charge in [0.25, 0.3) is 0 Å². The minimum atomic E-state index is -0.0799. The summed E-state index contributed by atoms with van der Waals surface area (Å²) in [6.07, 6.45) is 4.80. The predicted molar refractivity (Wildman–Crippen MR) is 35.1 cm³/mol. The van der Waals surface area contributed by atoms with Gasteiger partial charge in [0.05, 0.1) is 13.2 Å². The quantitative estimate of drug-likeness (QED) is 0.496. The van der Waals surface area contributed by atoms with Gasteiger partial charge >= 0.3 is 0 Å². The van der Waals surface area contributed by atoms with Crippen LogP contribution >= 0.6 is 0 Å². The van der Waals surface area contributed by atoms with E-state index in [-0.39, 0.29) is 6.29 Å². The van der Waals surface area contributed by atoms with Crippen molar-refractivity contribution in [2.24, 2.45) is 0 Å². The Balaban J connectivity index is 2.23. The van der Waals surface area contributed by atoms with Gasteiger partial charge < -0.3 is 9.47 Å². The lowest BCUT2D eigenvalue weighted by atomic mass is 10.4. The van der Waals surface area contributed by atoms with Crippen LogP contribution in [0.5, 0.6) is 0 Å². The van der Waals surface area contributed by atoms with Crippen LogP contribution in [0, 0.1) is 0 Å². The molecule has 0 aliphatic carbocycles. The van der Waals surface area contributed by atoms with Crippen molar-refractivity contribution in [1.29, 1.82) is 0 Å². The normalized spacial score (nSPS) is 23.2. The van der Waals surface area contributed by atoms with Crippen molar-refractivity contribution in [3.63, 3.8) is 0 Å². The molecule has 0 aromatic rings. The molecule has 0 aromatic carbocycles. The van der Waals surface area contributed by atoms with E-state index in [1.807, 2.05) is 19.1 Å². The molecule has 0 saturated carbocycles. The number of rotatable bonds is 1. The highest BCUT2D eigenvalue weighted by Gasteiger charge is 2.08. The monoisotopic (exact) mass is 128 g/mol. The van der Waals surface area contributed by atoms with Gasteiger partial charge in [0.1, 0.15) is 0 Å². The standard InChI is InChI=1S/C7H12O2/c1-2-4-7-8-5-3-6-9-7/h2,4,7H,3,5-6H2,1H3/b4-2-. The van der Waals surface area contributed by atoms with Crippen LogP contribution < -0.4 is 0 Å². The summed E-state index contributed by atoms with van der Waals surface area (Å²) < 4.78 is 10.4. The molecule has 0 aromatic heterocycles. The molecule has 2 nitrogen and oxygen atoms in total. The summed E-state index contributed by atoms with van der Waals surface area (Å²) in [5.41, 5.74) is 0. The van der Waals surface area contributed by atoms with E-state index in [4.69, 9.17) is 9.47 Å². The smallest absolute Gasteiger partial charge is 0.176 e. The third kappa shape index (κ3) is 2.16. The average molecular weight is 128 g/mol. The summed E-state index contributed by atoms with van der Waals surface area (Å²) >= 11 is 0. The van der Waals surface area contributed by atoms with E-state index < -0.39 is 0 Å². The van der Waals surface area contributed by atoms with Gasteiger partial charge in [-0.25, -0.2) is 0 Å². The Hall–Kier alpha value is -0.340. The summed E-state index contributed by atoms with van der Waals surface area (Å²) in [5.74, 6) is 0. The zero-order valence-corrected chi connectivity index (χ0v) is 5.67. The fourth-order valence-corrected chi connectivity index (χ4v) is 0.774. The lowest BCUT2D eigenvalue weighted by Gasteiger charge is -2.19. The van der Waals surface area contributed by atoms with Gasteiger partial charge in [-0.3, -0.25) is 0 Å². The maximum Gasteiger partial charge on any atom is 0.176 e. The van der Waals surface area contributed by atoms with Crippen LogP contribution in [0.1, 0.15) is 13.3 Å². The van der Waals surface area contributed by atoms with E-state index in [1.165, 1.54) is 0 Å². The van der Waals surface area contributed by atoms with Gasteiger partial charge in [-0.05, 0) is 19.4 Å². The fraction of sp³-hybridized carbons (Fsp3) is 0.714. The molecule has 0 radical (unpaired) electrons. The molecule has 0 bridgehead atoms. The van der Waals surface area contributed by atoms with Gasteiger partial charge in [-0.2, -0.15) is 0 Å². The zero-order chi connectivity index (χ0) is 6.53. The van der Waals surface area contributed by atoms with Crippen molar-refractivity contribution in [3.8, 4) is 0 Å². The summed E-state index contributed by atoms with van der Waals surface area (Å²) in [7, 11) is 0. The first-order valence-corrected chi connectivity index (χ1v) is 3.29.